The molecule has 0 aliphatic carbocycles. The lowest BCUT2D eigenvalue weighted by molar-refractivity contribution is -0.385. The van der Waals surface area contributed by atoms with Gasteiger partial charge in [0.2, 0.25) is 0 Å². The number of nitro groups is 2. The van der Waals surface area contributed by atoms with Gasteiger partial charge < -0.3 is 4.57 Å². The van der Waals surface area contributed by atoms with Crippen LogP contribution in [0.1, 0.15) is 17.3 Å². The number of rotatable bonds is 4. The molecular weight excluding hydrogens is 396 g/mol. The highest BCUT2D eigenvalue weighted by Gasteiger charge is 2.17. The molecule has 138 valence electrons. The molecule has 0 N–H and O–H groups in total. The molecule has 0 atom stereocenters. The number of carbonyl (C=O) groups excluding carboxylic acids is 1. The second kappa shape index (κ2) is 7.25. The van der Waals surface area contributed by atoms with Crippen molar-refractivity contribution in [1.82, 2.24) is 4.57 Å². The molecule has 3 rings (SSSR count). The van der Waals surface area contributed by atoms with Crippen molar-refractivity contribution in [3.63, 3.8) is 0 Å². The number of aromatic nitrogens is 1. The van der Waals surface area contributed by atoms with Crippen LogP contribution < -0.4 is 4.80 Å². The van der Waals surface area contributed by atoms with Crippen molar-refractivity contribution in [2.45, 2.75) is 13.5 Å². The number of hydrogen-bond acceptors (Lipinski definition) is 6. The summed E-state index contributed by atoms with van der Waals surface area (Å²) in [5.41, 5.74) is 0.279. The number of halogens is 1. The third-order valence-electron chi connectivity index (χ3n) is 3.78. The van der Waals surface area contributed by atoms with E-state index in [1.165, 1.54) is 24.3 Å². The SMILES string of the molecule is CCn1c(=NC(=O)c2cc([N+](=O)[O-])ccc2Cl)sc2cc([N+](=O)[O-])ccc21. The van der Waals surface area contributed by atoms with E-state index in [2.05, 4.69) is 4.99 Å². The van der Waals surface area contributed by atoms with Gasteiger partial charge in [-0.1, -0.05) is 22.9 Å². The van der Waals surface area contributed by atoms with Gasteiger partial charge in [0, 0.05) is 30.8 Å². The van der Waals surface area contributed by atoms with Gasteiger partial charge in [-0.25, -0.2) is 0 Å². The van der Waals surface area contributed by atoms with Crippen molar-refractivity contribution < 1.29 is 14.6 Å². The maximum atomic E-state index is 12.5. The Morgan fingerprint density at radius 2 is 1.78 bits per heavy atom. The van der Waals surface area contributed by atoms with Crippen LogP contribution in [0.15, 0.2) is 41.4 Å². The summed E-state index contributed by atoms with van der Waals surface area (Å²) < 4.78 is 2.33. The number of non-ortho nitro benzene ring substituents is 2. The van der Waals surface area contributed by atoms with Gasteiger partial charge in [-0.2, -0.15) is 4.99 Å². The summed E-state index contributed by atoms with van der Waals surface area (Å²) in [5.74, 6) is -0.730. The number of hydrogen-bond donors (Lipinski definition) is 0. The van der Waals surface area contributed by atoms with E-state index >= 15 is 0 Å². The normalized spacial score (nSPS) is 11.7. The molecule has 0 radical (unpaired) electrons. The maximum Gasteiger partial charge on any atom is 0.281 e. The number of amides is 1. The highest BCUT2D eigenvalue weighted by molar-refractivity contribution is 7.16. The number of carbonyl (C=O) groups is 1. The fourth-order valence-corrected chi connectivity index (χ4v) is 3.83. The minimum atomic E-state index is -0.730. The van der Waals surface area contributed by atoms with Gasteiger partial charge >= 0.3 is 0 Å². The van der Waals surface area contributed by atoms with Crippen molar-refractivity contribution in [2.24, 2.45) is 4.99 Å². The van der Waals surface area contributed by atoms with Gasteiger partial charge in [0.15, 0.2) is 4.80 Å². The summed E-state index contributed by atoms with van der Waals surface area (Å²) >= 11 is 7.10. The predicted octanol–water partition coefficient (Wildman–Crippen LogP) is 3.93. The van der Waals surface area contributed by atoms with E-state index in [-0.39, 0.29) is 22.0 Å². The molecule has 0 aliphatic heterocycles. The molecule has 0 aliphatic rings. The highest BCUT2D eigenvalue weighted by atomic mass is 35.5. The number of benzene rings is 2. The monoisotopic (exact) mass is 406 g/mol. The number of nitro benzene ring substituents is 2. The third kappa shape index (κ3) is 3.57. The second-order valence-corrected chi connectivity index (χ2v) is 6.79. The summed E-state index contributed by atoms with van der Waals surface area (Å²) in [6, 6.07) is 7.93. The second-order valence-electron chi connectivity index (χ2n) is 5.38. The van der Waals surface area contributed by atoms with Gasteiger partial charge in [0.1, 0.15) is 0 Å². The average molecular weight is 407 g/mol. The van der Waals surface area contributed by atoms with Crippen LogP contribution in [-0.2, 0) is 6.54 Å². The first-order valence-electron chi connectivity index (χ1n) is 7.62. The Bertz CT molecular complexity index is 1170. The largest absolute Gasteiger partial charge is 0.317 e. The number of thiazole rings is 1. The average Bonchev–Trinajstić information content (AvgIpc) is 2.97. The van der Waals surface area contributed by atoms with E-state index in [1.807, 2.05) is 6.92 Å². The van der Waals surface area contributed by atoms with Crippen molar-refractivity contribution in [2.75, 3.05) is 0 Å². The first-order valence-corrected chi connectivity index (χ1v) is 8.82. The number of fused-ring (bicyclic) bond motifs is 1. The zero-order valence-corrected chi connectivity index (χ0v) is 15.4. The molecule has 0 fully saturated rings. The molecule has 2 aromatic carbocycles. The van der Waals surface area contributed by atoms with Gasteiger partial charge in [-0.3, -0.25) is 25.0 Å². The molecule has 1 heterocycles. The Balaban J connectivity index is 2.15. The molecule has 0 unspecified atom stereocenters. The number of aryl methyl sites for hydroxylation is 1. The molecule has 11 heteroatoms. The zero-order valence-electron chi connectivity index (χ0n) is 13.8. The van der Waals surface area contributed by atoms with Gasteiger partial charge in [0.05, 0.1) is 30.6 Å². The van der Waals surface area contributed by atoms with E-state index in [0.29, 0.717) is 21.6 Å². The molecule has 27 heavy (non-hydrogen) atoms. The fourth-order valence-electron chi connectivity index (χ4n) is 2.50. The van der Waals surface area contributed by atoms with E-state index < -0.39 is 15.8 Å². The standard InChI is InChI=1S/C16H11ClN4O5S/c1-2-19-13-6-4-10(21(25)26)8-14(13)27-16(19)18-15(22)11-7-9(20(23)24)3-5-12(11)17/h3-8H,2H2,1H3. The van der Waals surface area contributed by atoms with Crippen LogP contribution in [0.4, 0.5) is 11.4 Å². The first kappa shape index (κ1) is 18.7. The van der Waals surface area contributed by atoms with Gasteiger partial charge in [-0.05, 0) is 19.1 Å². The Morgan fingerprint density at radius 3 is 2.41 bits per heavy atom. The quantitative estimate of drug-likeness (QED) is 0.480. The molecule has 0 saturated heterocycles. The predicted molar refractivity (Wildman–Crippen MR) is 100 cm³/mol. The van der Waals surface area contributed by atoms with Gasteiger partial charge in [-0.15, -0.1) is 0 Å². The van der Waals surface area contributed by atoms with E-state index in [4.69, 9.17) is 11.6 Å². The molecular formula is C16H11ClN4O5S. The Hall–Kier alpha value is -3.11. The Morgan fingerprint density at radius 1 is 1.15 bits per heavy atom. The summed E-state index contributed by atoms with van der Waals surface area (Å²) in [5, 5.41) is 21.9. The third-order valence-corrected chi connectivity index (χ3v) is 5.15. The van der Waals surface area contributed by atoms with Crippen LogP contribution in [0.5, 0.6) is 0 Å². The van der Waals surface area contributed by atoms with Crippen LogP contribution in [0.3, 0.4) is 0 Å². The summed E-state index contributed by atoms with van der Waals surface area (Å²) in [6.07, 6.45) is 0. The van der Waals surface area contributed by atoms with Crippen molar-refractivity contribution >= 4 is 50.4 Å². The Kier molecular flexibility index (Phi) is 5.02. The lowest BCUT2D eigenvalue weighted by atomic mass is 10.2. The topological polar surface area (TPSA) is 121 Å². The van der Waals surface area contributed by atoms with E-state index in [9.17, 15) is 25.0 Å². The fraction of sp³-hybridized carbons (Fsp3) is 0.125. The Labute approximate surface area is 160 Å². The molecule has 0 saturated carbocycles. The van der Waals surface area contributed by atoms with Crippen molar-refractivity contribution in [1.29, 1.82) is 0 Å². The minimum absolute atomic E-state index is 0.0501. The summed E-state index contributed by atoms with van der Waals surface area (Å²) in [7, 11) is 0. The lowest BCUT2D eigenvalue weighted by Gasteiger charge is -2.01. The zero-order chi connectivity index (χ0) is 19.7. The number of nitrogens with zero attached hydrogens (tertiary/aromatic N) is 4. The van der Waals surface area contributed by atoms with Crippen LogP contribution in [0.25, 0.3) is 10.2 Å². The lowest BCUT2D eigenvalue weighted by Crippen LogP contribution is -2.16. The van der Waals surface area contributed by atoms with Crippen LogP contribution >= 0.6 is 22.9 Å². The van der Waals surface area contributed by atoms with Crippen molar-refractivity contribution in [3.05, 3.63) is 72.0 Å². The van der Waals surface area contributed by atoms with Crippen LogP contribution in [-0.4, -0.2) is 20.3 Å². The van der Waals surface area contributed by atoms with E-state index in [0.717, 1.165) is 17.4 Å². The molecule has 9 nitrogen and oxygen atoms in total. The molecule has 0 bridgehead atoms. The summed E-state index contributed by atoms with van der Waals surface area (Å²) in [6.45, 7) is 2.32. The van der Waals surface area contributed by atoms with Crippen LogP contribution in [0, 0.1) is 20.2 Å². The van der Waals surface area contributed by atoms with Crippen molar-refractivity contribution in [3.8, 4) is 0 Å². The molecule has 3 aromatic rings. The molecule has 1 amide bonds. The highest BCUT2D eigenvalue weighted by Crippen LogP contribution is 2.25. The maximum absolute atomic E-state index is 12.5. The van der Waals surface area contributed by atoms with Gasteiger partial charge in [0.25, 0.3) is 17.3 Å². The van der Waals surface area contributed by atoms with Crippen LogP contribution in [0.2, 0.25) is 5.02 Å². The first-order chi connectivity index (χ1) is 12.8. The van der Waals surface area contributed by atoms with E-state index in [1.54, 1.807) is 10.6 Å². The molecule has 0 spiro atoms. The summed E-state index contributed by atoms with van der Waals surface area (Å²) in [4.78, 5) is 37.6. The minimum Gasteiger partial charge on any atom is -0.317 e. The molecule has 1 aromatic heterocycles. The smallest absolute Gasteiger partial charge is 0.281 e.